The summed E-state index contributed by atoms with van der Waals surface area (Å²) in [6, 6.07) is 16.8. The minimum Gasteiger partial charge on any atom is -0.452 e. The van der Waals surface area contributed by atoms with Gasteiger partial charge in [0.25, 0.3) is 0 Å². The predicted molar refractivity (Wildman–Crippen MR) is 77.0 cm³/mol. The normalized spacial score (nSPS) is 10.4. The molecule has 0 radical (unpaired) electrons. The summed E-state index contributed by atoms with van der Waals surface area (Å²) in [5.74, 6) is 1.72. The van der Waals surface area contributed by atoms with Crippen molar-refractivity contribution in [1.29, 1.82) is 5.26 Å². The molecule has 0 fully saturated rings. The van der Waals surface area contributed by atoms with E-state index < -0.39 is 0 Å². The van der Waals surface area contributed by atoms with Crippen molar-refractivity contribution in [3.8, 4) is 17.6 Å². The third-order valence-corrected chi connectivity index (χ3v) is 3.26. The van der Waals surface area contributed by atoms with Crippen LogP contribution in [0.15, 0.2) is 52.9 Å². The van der Waals surface area contributed by atoms with Crippen LogP contribution < -0.4 is 4.74 Å². The summed E-state index contributed by atoms with van der Waals surface area (Å²) in [4.78, 5) is 0. The zero-order chi connectivity index (χ0) is 13.9. The molecule has 1 aromatic heterocycles. The number of hydrogen-bond acceptors (Lipinski definition) is 3. The standard InChI is InChI=1S/C16H10ClNO2/c17-9-11-5-7-12(8-6-11)19-16-13-3-1-2-4-14(13)20-15(16)10-18/h1-8H,9H2. The smallest absolute Gasteiger partial charge is 0.247 e. The molecule has 0 unspecified atom stereocenters. The summed E-state index contributed by atoms with van der Waals surface area (Å²) in [7, 11) is 0. The second-order valence-electron chi connectivity index (χ2n) is 4.25. The van der Waals surface area contributed by atoms with Crippen molar-refractivity contribution in [3.63, 3.8) is 0 Å². The molecule has 3 aromatic rings. The number of alkyl halides is 1. The number of furan rings is 1. The van der Waals surface area contributed by atoms with Crippen LogP contribution >= 0.6 is 11.6 Å². The minimum atomic E-state index is 0.174. The molecular formula is C16H10ClNO2. The van der Waals surface area contributed by atoms with Gasteiger partial charge in [-0.05, 0) is 29.8 Å². The third-order valence-electron chi connectivity index (χ3n) is 2.95. The molecule has 98 valence electrons. The van der Waals surface area contributed by atoms with Gasteiger partial charge in [0.1, 0.15) is 17.4 Å². The first-order valence-electron chi connectivity index (χ1n) is 6.06. The van der Waals surface area contributed by atoms with Crippen molar-refractivity contribution < 1.29 is 9.15 Å². The summed E-state index contributed by atoms with van der Waals surface area (Å²) >= 11 is 5.75. The number of benzene rings is 2. The van der Waals surface area contributed by atoms with Gasteiger partial charge in [-0.3, -0.25) is 0 Å². The molecule has 0 spiro atoms. The van der Waals surface area contributed by atoms with Gasteiger partial charge in [-0.1, -0.05) is 24.3 Å². The highest BCUT2D eigenvalue weighted by molar-refractivity contribution is 6.17. The molecule has 0 saturated heterocycles. The molecule has 0 aliphatic rings. The molecule has 0 aliphatic heterocycles. The molecule has 0 amide bonds. The fourth-order valence-corrected chi connectivity index (χ4v) is 2.14. The van der Waals surface area contributed by atoms with E-state index in [9.17, 15) is 0 Å². The van der Waals surface area contributed by atoms with Crippen molar-refractivity contribution in [1.82, 2.24) is 0 Å². The highest BCUT2D eigenvalue weighted by Crippen LogP contribution is 2.35. The van der Waals surface area contributed by atoms with Crippen LogP contribution in [0, 0.1) is 11.3 Å². The van der Waals surface area contributed by atoms with Crippen LogP contribution in [-0.2, 0) is 5.88 Å². The molecule has 2 aromatic carbocycles. The van der Waals surface area contributed by atoms with Gasteiger partial charge in [-0.25, -0.2) is 0 Å². The number of hydrogen-bond donors (Lipinski definition) is 0. The molecule has 3 nitrogen and oxygen atoms in total. The zero-order valence-electron chi connectivity index (χ0n) is 10.5. The number of nitrogens with zero attached hydrogens (tertiary/aromatic N) is 1. The monoisotopic (exact) mass is 283 g/mol. The first-order valence-corrected chi connectivity index (χ1v) is 6.59. The van der Waals surface area contributed by atoms with Crippen molar-refractivity contribution in [2.45, 2.75) is 5.88 Å². The Kier molecular flexibility index (Phi) is 3.32. The summed E-state index contributed by atoms with van der Waals surface area (Å²) in [6.45, 7) is 0. The topological polar surface area (TPSA) is 46.2 Å². The Balaban J connectivity index is 2.03. The number of fused-ring (bicyclic) bond motifs is 1. The summed E-state index contributed by atoms with van der Waals surface area (Å²) in [5, 5.41) is 9.92. The summed E-state index contributed by atoms with van der Waals surface area (Å²) in [5.41, 5.74) is 1.65. The molecule has 3 rings (SSSR count). The van der Waals surface area contributed by atoms with Gasteiger partial charge in [0.2, 0.25) is 5.76 Å². The fourth-order valence-electron chi connectivity index (χ4n) is 1.96. The predicted octanol–water partition coefficient (Wildman–Crippen LogP) is 4.84. The maximum absolute atomic E-state index is 9.14. The lowest BCUT2D eigenvalue weighted by Crippen LogP contribution is -1.86. The van der Waals surface area contributed by atoms with E-state index in [1.165, 1.54) is 0 Å². The summed E-state index contributed by atoms with van der Waals surface area (Å²) < 4.78 is 11.3. The van der Waals surface area contributed by atoms with Crippen molar-refractivity contribution in [2.24, 2.45) is 0 Å². The van der Waals surface area contributed by atoms with Crippen LogP contribution in [0.25, 0.3) is 11.0 Å². The van der Waals surface area contributed by atoms with Crippen LogP contribution in [0.5, 0.6) is 11.5 Å². The molecular weight excluding hydrogens is 274 g/mol. The van der Waals surface area contributed by atoms with Crippen molar-refractivity contribution >= 4 is 22.6 Å². The Morgan fingerprint density at radius 2 is 1.85 bits per heavy atom. The van der Waals surface area contributed by atoms with Crippen molar-refractivity contribution in [3.05, 3.63) is 59.9 Å². The van der Waals surface area contributed by atoms with Crippen molar-refractivity contribution in [2.75, 3.05) is 0 Å². The van der Waals surface area contributed by atoms with Crippen LogP contribution in [0.3, 0.4) is 0 Å². The molecule has 0 atom stereocenters. The molecule has 1 heterocycles. The number of halogens is 1. The van der Waals surface area contributed by atoms with E-state index in [4.69, 9.17) is 26.0 Å². The Hall–Kier alpha value is -2.44. The second-order valence-corrected chi connectivity index (χ2v) is 4.52. The number of rotatable bonds is 3. The van der Waals surface area contributed by atoms with Gasteiger partial charge in [0.05, 0.1) is 5.39 Å². The molecule has 20 heavy (non-hydrogen) atoms. The fraction of sp³-hybridized carbons (Fsp3) is 0.0625. The number of para-hydroxylation sites is 1. The Morgan fingerprint density at radius 1 is 1.10 bits per heavy atom. The van der Waals surface area contributed by atoms with E-state index in [2.05, 4.69) is 0 Å². The largest absolute Gasteiger partial charge is 0.452 e. The first-order chi connectivity index (χ1) is 9.81. The summed E-state index contributed by atoms with van der Waals surface area (Å²) in [6.07, 6.45) is 0. The van der Waals surface area contributed by atoms with Crippen LogP contribution in [-0.4, -0.2) is 0 Å². The van der Waals surface area contributed by atoms with Gasteiger partial charge in [0, 0.05) is 5.88 Å². The van der Waals surface area contributed by atoms with E-state index >= 15 is 0 Å². The molecule has 4 heteroatoms. The average molecular weight is 284 g/mol. The highest BCUT2D eigenvalue weighted by atomic mass is 35.5. The van der Waals surface area contributed by atoms with E-state index in [0.717, 1.165) is 10.9 Å². The van der Waals surface area contributed by atoms with Gasteiger partial charge in [-0.2, -0.15) is 5.26 Å². The van der Waals surface area contributed by atoms with Gasteiger partial charge in [-0.15, -0.1) is 11.6 Å². The lowest BCUT2D eigenvalue weighted by molar-refractivity contribution is 0.467. The zero-order valence-corrected chi connectivity index (χ0v) is 11.2. The van der Waals surface area contributed by atoms with Crippen LogP contribution in [0.4, 0.5) is 0 Å². The lowest BCUT2D eigenvalue weighted by atomic mass is 10.2. The SMILES string of the molecule is N#Cc1oc2ccccc2c1Oc1ccc(CCl)cc1. The van der Waals surface area contributed by atoms with E-state index in [0.29, 0.717) is 23.0 Å². The minimum absolute atomic E-state index is 0.174. The third kappa shape index (κ3) is 2.22. The van der Waals surface area contributed by atoms with E-state index in [-0.39, 0.29) is 5.76 Å². The van der Waals surface area contributed by atoms with Crippen LogP contribution in [0.1, 0.15) is 11.3 Å². The Bertz CT molecular complexity index is 784. The van der Waals surface area contributed by atoms with Gasteiger partial charge < -0.3 is 9.15 Å². The molecule has 0 saturated carbocycles. The highest BCUT2D eigenvalue weighted by Gasteiger charge is 2.15. The number of nitriles is 1. The maximum Gasteiger partial charge on any atom is 0.247 e. The Labute approximate surface area is 121 Å². The van der Waals surface area contributed by atoms with Gasteiger partial charge in [0.15, 0.2) is 5.75 Å². The molecule has 0 bridgehead atoms. The van der Waals surface area contributed by atoms with E-state index in [1.807, 2.05) is 48.5 Å². The van der Waals surface area contributed by atoms with Crippen LogP contribution in [0.2, 0.25) is 0 Å². The average Bonchev–Trinajstić information content (AvgIpc) is 2.86. The lowest BCUT2D eigenvalue weighted by Gasteiger charge is -2.04. The maximum atomic E-state index is 9.14. The molecule has 0 N–H and O–H groups in total. The van der Waals surface area contributed by atoms with Gasteiger partial charge >= 0.3 is 0 Å². The number of ether oxygens (including phenoxy) is 1. The first kappa shape index (κ1) is 12.6. The molecule has 0 aliphatic carbocycles. The van der Waals surface area contributed by atoms with E-state index in [1.54, 1.807) is 6.07 Å². The second kappa shape index (κ2) is 5.28. The Morgan fingerprint density at radius 3 is 2.55 bits per heavy atom. The quantitative estimate of drug-likeness (QED) is 0.646.